The van der Waals surface area contributed by atoms with Gasteiger partial charge >= 0.3 is 12.1 Å². The summed E-state index contributed by atoms with van der Waals surface area (Å²) in [4.78, 5) is 16.7. The van der Waals surface area contributed by atoms with Crippen molar-refractivity contribution in [3.8, 4) is 0 Å². The van der Waals surface area contributed by atoms with Crippen LogP contribution in [0.4, 0.5) is 13.2 Å². The fourth-order valence-electron chi connectivity index (χ4n) is 2.56. The molecule has 2 rings (SSSR count). The first-order valence-corrected chi connectivity index (χ1v) is 6.65. The third-order valence-corrected chi connectivity index (χ3v) is 3.50. The molecular weight excluding hydrogens is 303 g/mol. The number of halogens is 3. The van der Waals surface area contributed by atoms with Crippen LogP contribution in [-0.2, 0) is 14.4 Å². The molecule has 1 aliphatic heterocycles. The minimum absolute atomic E-state index is 0.103. The molecular formula is C14H16F3NO4. The highest BCUT2D eigenvalue weighted by molar-refractivity contribution is 5.75. The van der Waals surface area contributed by atoms with Gasteiger partial charge in [0.25, 0.3) is 5.79 Å². The third-order valence-electron chi connectivity index (χ3n) is 3.50. The van der Waals surface area contributed by atoms with Crippen molar-refractivity contribution in [3.05, 3.63) is 35.9 Å². The molecule has 0 radical (unpaired) electrons. The molecule has 3 atom stereocenters. The van der Waals surface area contributed by atoms with Gasteiger partial charge in [0.05, 0.1) is 12.6 Å². The molecule has 122 valence electrons. The summed E-state index contributed by atoms with van der Waals surface area (Å²) in [7, 11) is 1.23. The van der Waals surface area contributed by atoms with Crippen LogP contribution >= 0.6 is 0 Å². The molecule has 1 aromatic carbocycles. The summed E-state index contributed by atoms with van der Waals surface area (Å²) < 4.78 is 44.5. The van der Waals surface area contributed by atoms with Crippen LogP contribution in [-0.4, -0.2) is 41.8 Å². The average Bonchev–Trinajstić information content (AvgIpc) is 2.72. The molecule has 0 spiro atoms. The van der Waals surface area contributed by atoms with Gasteiger partial charge in [-0.3, -0.25) is 9.63 Å². The maximum absolute atomic E-state index is 13.2. The normalized spacial score (nSPS) is 29.5. The number of hydroxylamine groups is 2. The number of alkyl halides is 3. The minimum Gasteiger partial charge on any atom is -0.466 e. The Bertz CT molecular complexity index is 537. The molecule has 0 bridgehead atoms. The fraction of sp³-hybridized carbons (Fsp3) is 0.500. The van der Waals surface area contributed by atoms with Crippen LogP contribution in [0.5, 0.6) is 0 Å². The van der Waals surface area contributed by atoms with Gasteiger partial charge in [-0.1, -0.05) is 30.3 Å². The lowest BCUT2D eigenvalue weighted by molar-refractivity contribution is -0.400. The maximum Gasteiger partial charge on any atom is 0.445 e. The molecule has 3 unspecified atom stereocenters. The van der Waals surface area contributed by atoms with E-state index in [1.54, 1.807) is 30.3 Å². The molecule has 1 heterocycles. The molecule has 1 aromatic rings. The summed E-state index contributed by atoms with van der Waals surface area (Å²) in [6, 6.07) is 6.92. The van der Waals surface area contributed by atoms with Gasteiger partial charge in [0.15, 0.2) is 0 Å². The van der Waals surface area contributed by atoms with Crippen molar-refractivity contribution in [1.82, 2.24) is 5.06 Å². The summed E-state index contributed by atoms with van der Waals surface area (Å²) in [5.41, 5.74) is 0.406. The Balaban J connectivity index is 2.50. The minimum atomic E-state index is -5.15. The number of benzene rings is 1. The van der Waals surface area contributed by atoms with Gasteiger partial charge in [-0.05, 0) is 12.5 Å². The van der Waals surface area contributed by atoms with E-state index in [2.05, 4.69) is 4.84 Å². The van der Waals surface area contributed by atoms with Crippen molar-refractivity contribution < 1.29 is 32.6 Å². The zero-order valence-corrected chi connectivity index (χ0v) is 12.0. The highest BCUT2D eigenvalue weighted by atomic mass is 19.4. The molecule has 8 heteroatoms. The average molecular weight is 319 g/mol. The lowest BCUT2D eigenvalue weighted by atomic mass is 9.87. The van der Waals surface area contributed by atoms with Crippen LogP contribution in [0.15, 0.2) is 30.3 Å². The Kier molecular flexibility index (Phi) is 4.46. The Morgan fingerprint density at radius 3 is 2.50 bits per heavy atom. The number of ether oxygens (including phenoxy) is 1. The Hall–Kier alpha value is -1.64. The standard InChI is InChI=1S/C14H16F3NO4/c1-3-21-12(19)10-11(9-7-5-4-6-8-9)18(2)22-13(10,20)14(15,16)17/h4-8,10-11,20H,3H2,1-2H3. The molecule has 1 saturated heterocycles. The van der Waals surface area contributed by atoms with Gasteiger partial charge in [-0.15, -0.1) is 0 Å². The first kappa shape index (κ1) is 16.7. The lowest BCUT2D eigenvalue weighted by Gasteiger charge is -2.29. The second-order valence-corrected chi connectivity index (χ2v) is 4.92. The topological polar surface area (TPSA) is 59.0 Å². The van der Waals surface area contributed by atoms with Crippen molar-refractivity contribution in [3.63, 3.8) is 0 Å². The number of carbonyl (C=O) groups excluding carboxylic acids is 1. The number of hydrogen-bond acceptors (Lipinski definition) is 5. The third kappa shape index (κ3) is 2.69. The van der Waals surface area contributed by atoms with E-state index in [-0.39, 0.29) is 6.61 Å². The predicted molar refractivity (Wildman–Crippen MR) is 69.2 cm³/mol. The van der Waals surface area contributed by atoms with Gasteiger partial charge in [0.1, 0.15) is 5.92 Å². The molecule has 0 aliphatic carbocycles. The Labute approximate surface area is 125 Å². The predicted octanol–water partition coefficient (Wildman–Crippen LogP) is 2.03. The first-order valence-electron chi connectivity index (χ1n) is 6.65. The summed E-state index contributed by atoms with van der Waals surface area (Å²) >= 11 is 0. The van der Waals surface area contributed by atoms with E-state index in [1.807, 2.05) is 0 Å². The smallest absolute Gasteiger partial charge is 0.445 e. The van der Waals surface area contributed by atoms with Gasteiger partial charge in [-0.25, -0.2) is 0 Å². The molecule has 1 fully saturated rings. The van der Waals surface area contributed by atoms with E-state index in [4.69, 9.17) is 4.74 Å². The number of rotatable bonds is 3. The largest absolute Gasteiger partial charge is 0.466 e. The summed E-state index contributed by atoms with van der Waals surface area (Å²) in [5, 5.41) is 10.8. The van der Waals surface area contributed by atoms with Crippen molar-refractivity contribution in [1.29, 1.82) is 0 Å². The highest BCUT2D eigenvalue weighted by Gasteiger charge is 2.71. The van der Waals surface area contributed by atoms with E-state index >= 15 is 0 Å². The number of nitrogens with zero attached hydrogens (tertiary/aromatic N) is 1. The van der Waals surface area contributed by atoms with Crippen LogP contribution in [0.1, 0.15) is 18.5 Å². The van der Waals surface area contributed by atoms with Crippen LogP contribution in [0.25, 0.3) is 0 Å². The van der Waals surface area contributed by atoms with Crippen molar-refractivity contribution in [2.75, 3.05) is 13.7 Å². The highest BCUT2D eigenvalue weighted by Crippen LogP contribution is 2.51. The van der Waals surface area contributed by atoms with Crippen LogP contribution < -0.4 is 0 Å². The van der Waals surface area contributed by atoms with Crippen LogP contribution in [0.3, 0.4) is 0 Å². The molecule has 5 nitrogen and oxygen atoms in total. The summed E-state index contributed by atoms with van der Waals surface area (Å²) in [6.07, 6.45) is -5.15. The molecule has 1 N–H and O–H groups in total. The number of carbonyl (C=O) groups is 1. The first-order chi connectivity index (χ1) is 10.2. The van der Waals surface area contributed by atoms with Crippen molar-refractivity contribution in [2.45, 2.75) is 24.9 Å². The number of esters is 1. The Morgan fingerprint density at radius 1 is 1.41 bits per heavy atom. The molecule has 0 amide bonds. The van der Waals surface area contributed by atoms with Gasteiger partial charge in [0.2, 0.25) is 0 Å². The van der Waals surface area contributed by atoms with Gasteiger partial charge in [0, 0.05) is 7.05 Å². The molecule has 1 aliphatic rings. The Morgan fingerprint density at radius 2 is 2.00 bits per heavy atom. The lowest BCUT2D eigenvalue weighted by Crippen LogP contribution is -2.53. The zero-order chi connectivity index (χ0) is 16.5. The van der Waals surface area contributed by atoms with Gasteiger partial charge < -0.3 is 9.84 Å². The summed E-state index contributed by atoms with van der Waals surface area (Å²) in [5.74, 6) is -6.74. The number of hydrogen-bond donors (Lipinski definition) is 1. The van der Waals surface area contributed by atoms with Crippen molar-refractivity contribution >= 4 is 5.97 Å². The molecule has 0 aromatic heterocycles. The van der Waals surface area contributed by atoms with E-state index in [9.17, 15) is 23.1 Å². The SMILES string of the molecule is CCOC(=O)C1C(c2ccccc2)N(C)OC1(O)C(F)(F)F. The van der Waals surface area contributed by atoms with Crippen molar-refractivity contribution in [2.24, 2.45) is 5.92 Å². The van der Waals surface area contributed by atoms with E-state index in [0.29, 0.717) is 5.56 Å². The fourth-order valence-corrected chi connectivity index (χ4v) is 2.56. The second-order valence-electron chi connectivity index (χ2n) is 4.92. The number of aliphatic hydroxyl groups is 1. The zero-order valence-electron chi connectivity index (χ0n) is 12.0. The molecule has 22 heavy (non-hydrogen) atoms. The maximum atomic E-state index is 13.2. The van der Waals surface area contributed by atoms with Crippen LogP contribution in [0.2, 0.25) is 0 Å². The summed E-state index contributed by atoms with van der Waals surface area (Å²) in [6.45, 7) is 1.37. The van der Waals surface area contributed by atoms with E-state index < -0.39 is 29.9 Å². The second kappa shape index (κ2) is 5.86. The van der Waals surface area contributed by atoms with Crippen LogP contribution in [0, 0.1) is 5.92 Å². The quantitative estimate of drug-likeness (QED) is 0.864. The van der Waals surface area contributed by atoms with E-state index in [1.165, 1.54) is 14.0 Å². The van der Waals surface area contributed by atoms with Gasteiger partial charge in [-0.2, -0.15) is 18.2 Å². The molecule has 0 saturated carbocycles. The van der Waals surface area contributed by atoms with E-state index in [0.717, 1.165) is 5.06 Å². The monoisotopic (exact) mass is 319 g/mol.